The lowest BCUT2D eigenvalue weighted by molar-refractivity contribution is 0.0954. The van der Waals surface area contributed by atoms with Gasteiger partial charge in [0, 0.05) is 39.3 Å². The molecule has 0 atom stereocenters. The fourth-order valence-corrected chi connectivity index (χ4v) is 3.57. The van der Waals surface area contributed by atoms with Crippen LogP contribution in [0.1, 0.15) is 33.4 Å². The van der Waals surface area contributed by atoms with Gasteiger partial charge in [0.25, 0.3) is 5.91 Å². The number of rotatable bonds is 6. The molecule has 3 rings (SSSR count). The predicted octanol–water partition coefficient (Wildman–Crippen LogP) is 1.78. The van der Waals surface area contributed by atoms with E-state index >= 15 is 0 Å². The van der Waals surface area contributed by atoms with E-state index in [1.807, 2.05) is 6.92 Å². The first kappa shape index (κ1) is 18.0. The van der Waals surface area contributed by atoms with Gasteiger partial charge in [-0.05, 0) is 36.1 Å². The molecule has 6 nitrogen and oxygen atoms in total. The number of nitrogens with one attached hydrogen (secondary N) is 1. The monoisotopic (exact) mass is 359 g/mol. The Labute approximate surface area is 153 Å². The third-order valence-corrected chi connectivity index (χ3v) is 5.34. The largest absolute Gasteiger partial charge is 0.347 e. The third-order valence-electron chi connectivity index (χ3n) is 4.57. The van der Waals surface area contributed by atoms with Gasteiger partial charge in [0.15, 0.2) is 0 Å². The summed E-state index contributed by atoms with van der Waals surface area (Å²) >= 11 is 1.16. The van der Waals surface area contributed by atoms with Crippen LogP contribution < -0.4 is 5.32 Å². The van der Waals surface area contributed by atoms with Crippen LogP contribution in [0.4, 0.5) is 0 Å². The summed E-state index contributed by atoms with van der Waals surface area (Å²) in [6.45, 7) is 8.01. The Hall–Kier alpha value is -1.83. The summed E-state index contributed by atoms with van der Waals surface area (Å²) in [5, 5.41) is 6.94. The van der Waals surface area contributed by atoms with Crippen molar-refractivity contribution in [1.29, 1.82) is 0 Å². The number of benzene rings is 1. The second kappa shape index (κ2) is 8.51. The fraction of sp³-hybridized carbons (Fsp3) is 0.500. The molecule has 0 saturated carbocycles. The molecular weight excluding hydrogens is 334 g/mol. The van der Waals surface area contributed by atoms with Crippen LogP contribution in [0, 0.1) is 0 Å². The van der Waals surface area contributed by atoms with Crippen LogP contribution in [-0.2, 0) is 19.5 Å². The number of carbonyl (C=O) groups is 1. The van der Waals surface area contributed by atoms with E-state index in [0.29, 0.717) is 11.4 Å². The molecular formula is C18H25N5OS. The SMILES string of the molecule is CCc1nnsc1C(=O)NCc1ccc(CN2CCN(C)CC2)cc1. The highest BCUT2D eigenvalue weighted by atomic mass is 32.1. The van der Waals surface area contributed by atoms with Gasteiger partial charge in [-0.15, -0.1) is 5.10 Å². The number of nitrogens with zero attached hydrogens (tertiary/aromatic N) is 4. The van der Waals surface area contributed by atoms with Crippen LogP contribution >= 0.6 is 11.5 Å². The molecule has 25 heavy (non-hydrogen) atoms. The van der Waals surface area contributed by atoms with Crippen LogP contribution in [0.15, 0.2) is 24.3 Å². The molecule has 1 saturated heterocycles. The van der Waals surface area contributed by atoms with Gasteiger partial charge in [0.2, 0.25) is 0 Å². The van der Waals surface area contributed by atoms with E-state index in [9.17, 15) is 4.79 Å². The van der Waals surface area contributed by atoms with Gasteiger partial charge in [0.05, 0.1) is 5.69 Å². The highest BCUT2D eigenvalue weighted by molar-refractivity contribution is 7.08. The number of aromatic nitrogens is 2. The topological polar surface area (TPSA) is 61.4 Å². The molecule has 0 aliphatic carbocycles. The fourth-order valence-electron chi connectivity index (χ4n) is 2.90. The molecule has 0 bridgehead atoms. The summed E-state index contributed by atoms with van der Waals surface area (Å²) in [6.07, 6.45) is 0.722. The maximum Gasteiger partial charge on any atom is 0.265 e. The van der Waals surface area contributed by atoms with Crippen molar-refractivity contribution in [2.24, 2.45) is 0 Å². The summed E-state index contributed by atoms with van der Waals surface area (Å²) < 4.78 is 3.86. The van der Waals surface area contributed by atoms with Crippen molar-refractivity contribution in [2.75, 3.05) is 33.2 Å². The maximum absolute atomic E-state index is 12.2. The van der Waals surface area contributed by atoms with E-state index in [0.717, 1.165) is 61.9 Å². The van der Waals surface area contributed by atoms with Crippen molar-refractivity contribution in [2.45, 2.75) is 26.4 Å². The third kappa shape index (κ3) is 4.84. The van der Waals surface area contributed by atoms with E-state index < -0.39 is 0 Å². The Morgan fingerprint density at radius 1 is 1.16 bits per heavy atom. The zero-order valence-electron chi connectivity index (χ0n) is 14.9. The van der Waals surface area contributed by atoms with Crippen LogP contribution in [0.5, 0.6) is 0 Å². The first-order chi connectivity index (χ1) is 12.2. The minimum absolute atomic E-state index is 0.0895. The molecule has 2 aromatic rings. The molecule has 1 aliphatic heterocycles. The zero-order chi connectivity index (χ0) is 17.6. The second-order valence-electron chi connectivity index (χ2n) is 6.48. The predicted molar refractivity (Wildman–Crippen MR) is 99.7 cm³/mol. The summed E-state index contributed by atoms with van der Waals surface area (Å²) in [4.78, 5) is 17.7. The molecule has 1 fully saturated rings. The summed E-state index contributed by atoms with van der Waals surface area (Å²) in [5.41, 5.74) is 3.19. The lowest BCUT2D eigenvalue weighted by atomic mass is 10.1. The molecule has 0 radical (unpaired) electrons. The molecule has 0 spiro atoms. The Morgan fingerprint density at radius 2 is 1.84 bits per heavy atom. The van der Waals surface area contributed by atoms with Crippen molar-refractivity contribution in [3.63, 3.8) is 0 Å². The van der Waals surface area contributed by atoms with E-state index in [4.69, 9.17) is 0 Å². The van der Waals surface area contributed by atoms with Crippen molar-refractivity contribution in [1.82, 2.24) is 24.7 Å². The first-order valence-electron chi connectivity index (χ1n) is 8.74. The smallest absolute Gasteiger partial charge is 0.265 e. The summed E-state index contributed by atoms with van der Waals surface area (Å²) in [5.74, 6) is -0.0895. The lowest BCUT2D eigenvalue weighted by Gasteiger charge is -2.32. The molecule has 7 heteroatoms. The van der Waals surface area contributed by atoms with Crippen molar-refractivity contribution >= 4 is 17.4 Å². The maximum atomic E-state index is 12.2. The molecule has 1 aromatic heterocycles. The molecule has 0 unspecified atom stereocenters. The average molecular weight is 359 g/mol. The highest BCUT2D eigenvalue weighted by Crippen LogP contribution is 2.12. The normalized spacial score (nSPS) is 16.1. The van der Waals surface area contributed by atoms with Gasteiger partial charge in [-0.2, -0.15) is 0 Å². The van der Waals surface area contributed by atoms with Crippen LogP contribution in [0.2, 0.25) is 0 Å². The minimum Gasteiger partial charge on any atom is -0.347 e. The Balaban J connectivity index is 1.50. The summed E-state index contributed by atoms with van der Waals surface area (Å²) in [7, 11) is 2.17. The number of amides is 1. The van der Waals surface area contributed by atoms with Crippen LogP contribution in [0.25, 0.3) is 0 Å². The number of hydrogen-bond acceptors (Lipinski definition) is 6. The van der Waals surface area contributed by atoms with Crippen molar-refractivity contribution in [3.8, 4) is 0 Å². The van der Waals surface area contributed by atoms with E-state index in [2.05, 4.69) is 56.0 Å². The average Bonchev–Trinajstić information content (AvgIpc) is 3.12. The minimum atomic E-state index is -0.0895. The summed E-state index contributed by atoms with van der Waals surface area (Å²) in [6, 6.07) is 8.51. The lowest BCUT2D eigenvalue weighted by Crippen LogP contribution is -2.43. The second-order valence-corrected chi connectivity index (χ2v) is 7.24. The molecule has 1 aromatic carbocycles. The highest BCUT2D eigenvalue weighted by Gasteiger charge is 2.15. The van der Waals surface area contributed by atoms with Gasteiger partial charge in [0.1, 0.15) is 4.88 Å². The molecule has 2 heterocycles. The van der Waals surface area contributed by atoms with Gasteiger partial charge in [-0.25, -0.2) is 0 Å². The van der Waals surface area contributed by atoms with Gasteiger partial charge in [-0.3, -0.25) is 9.69 Å². The number of likely N-dealkylation sites (N-methyl/N-ethyl adjacent to an activating group) is 1. The van der Waals surface area contributed by atoms with Gasteiger partial charge < -0.3 is 10.2 Å². The van der Waals surface area contributed by atoms with E-state index in [1.165, 1.54) is 5.56 Å². The quantitative estimate of drug-likeness (QED) is 0.852. The molecule has 1 amide bonds. The zero-order valence-corrected chi connectivity index (χ0v) is 15.7. The van der Waals surface area contributed by atoms with Crippen LogP contribution in [-0.4, -0.2) is 58.5 Å². The Bertz CT molecular complexity index is 692. The van der Waals surface area contributed by atoms with Gasteiger partial charge in [-0.1, -0.05) is 35.7 Å². The van der Waals surface area contributed by atoms with Gasteiger partial charge >= 0.3 is 0 Å². The number of hydrogen-bond donors (Lipinski definition) is 1. The Morgan fingerprint density at radius 3 is 2.52 bits per heavy atom. The number of aryl methyl sites for hydroxylation is 1. The van der Waals surface area contributed by atoms with E-state index in [1.54, 1.807) is 0 Å². The Kier molecular flexibility index (Phi) is 6.12. The molecule has 1 N–H and O–H groups in total. The first-order valence-corrected chi connectivity index (χ1v) is 9.51. The number of piperazine rings is 1. The van der Waals surface area contributed by atoms with Crippen molar-refractivity contribution < 1.29 is 4.79 Å². The van der Waals surface area contributed by atoms with Crippen LogP contribution in [0.3, 0.4) is 0 Å². The standard InChI is InChI=1S/C18H25N5OS/c1-3-16-17(25-21-20-16)18(24)19-12-14-4-6-15(7-5-14)13-23-10-8-22(2)9-11-23/h4-7H,3,8-13H2,1-2H3,(H,19,24). The molecule has 134 valence electrons. The molecule has 1 aliphatic rings. The number of carbonyl (C=O) groups excluding carboxylic acids is 1. The van der Waals surface area contributed by atoms with E-state index in [-0.39, 0.29) is 5.91 Å². The van der Waals surface area contributed by atoms with Crippen molar-refractivity contribution in [3.05, 3.63) is 46.0 Å².